The summed E-state index contributed by atoms with van der Waals surface area (Å²) in [5.41, 5.74) is 2.62. The molecule has 1 amide bonds. The summed E-state index contributed by atoms with van der Waals surface area (Å²) >= 11 is 5.82. The smallest absolute Gasteiger partial charge is 0.262 e. The molecule has 0 radical (unpaired) electrons. The fourth-order valence-corrected chi connectivity index (χ4v) is 2.13. The number of hydrogen-bond acceptors (Lipinski definition) is 4. The Morgan fingerprint density at radius 1 is 1.35 bits per heavy atom. The Morgan fingerprint density at radius 3 is 3.10 bits per heavy atom. The molecule has 5 nitrogen and oxygen atoms in total. The number of anilines is 2. The van der Waals surface area contributed by atoms with Crippen LogP contribution in [0.2, 0.25) is 5.15 Å². The van der Waals surface area contributed by atoms with Gasteiger partial charge in [-0.25, -0.2) is 4.98 Å². The number of carbonyl (C=O) groups is 1. The van der Waals surface area contributed by atoms with Crippen molar-refractivity contribution in [2.45, 2.75) is 6.54 Å². The number of ether oxygens (including phenoxy) is 1. The number of fused-ring (bicyclic) bond motifs is 1. The summed E-state index contributed by atoms with van der Waals surface area (Å²) in [5.74, 6) is 0.559. The Kier molecular flexibility index (Phi) is 3.43. The summed E-state index contributed by atoms with van der Waals surface area (Å²) in [6.45, 7) is 0.684. The van der Waals surface area contributed by atoms with Crippen molar-refractivity contribution in [3.05, 3.63) is 47.2 Å². The number of halogens is 1. The zero-order valence-electron chi connectivity index (χ0n) is 10.5. The van der Waals surface area contributed by atoms with E-state index in [-0.39, 0.29) is 12.5 Å². The van der Waals surface area contributed by atoms with E-state index in [9.17, 15) is 4.79 Å². The predicted molar refractivity (Wildman–Crippen MR) is 77.1 cm³/mol. The topological polar surface area (TPSA) is 63.2 Å². The molecular weight excluding hydrogens is 278 g/mol. The van der Waals surface area contributed by atoms with Crippen molar-refractivity contribution < 1.29 is 9.53 Å². The van der Waals surface area contributed by atoms with Gasteiger partial charge in [-0.3, -0.25) is 4.79 Å². The summed E-state index contributed by atoms with van der Waals surface area (Å²) in [4.78, 5) is 15.2. The van der Waals surface area contributed by atoms with Crippen LogP contribution in [-0.4, -0.2) is 17.5 Å². The molecule has 3 rings (SSSR count). The van der Waals surface area contributed by atoms with E-state index in [0.717, 1.165) is 11.3 Å². The molecule has 102 valence electrons. The maximum Gasteiger partial charge on any atom is 0.262 e. The van der Waals surface area contributed by atoms with Crippen LogP contribution in [0.4, 0.5) is 11.4 Å². The molecule has 0 atom stereocenters. The number of pyridine rings is 1. The van der Waals surface area contributed by atoms with Crippen molar-refractivity contribution in [1.82, 2.24) is 4.98 Å². The lowest BCUT2D eigenvalue weighted by Crippen LogP contribution is -2.25. The molecule has 20 heavy (non-hydrogen) atoms. The summed E-state index contributed by atoms with van der Waals surface area (Å²) in [6, 6.07) is 9.29. The van der Waals surface area contributed by atoms with Crippen molar-refractivity contribution in [3.8, 4) is 5.75 Å². The van der Waals surface area contributed by atoms with E-state index >= 15 is 0 Å². The lowest BCUT2D eigenvalue weighted by Gasteiger charge is -2.18. The third kappa shape index (κ3) is 2.83. The summed E-state index contributed by atoms with van der Waals surface area (Å²) in [7, 11) is 0. The van der Waals surface area contributed by atoms with E-state index in [1.165, 1.54) is 0 Å². The fraction of sp³-hybridized carbons (Fsp3) is 0.143. The summed E-state index contributed by atoms with van der Waals surface area (Å²) < 4.78 is 5.31. The second-order valence-corrected chi connectivity index (χ2v) is 4.78. The number of nitrogens with zero attached hydrogens (tertiary/aromatic N) is 1. The Morgan fingerprint density at radius 2 is 2.25 bits per heavy atom. The largest absolute Gasteiger partial charge is 0.482 e. The van der Waals surface area contributed by atoms with Gasteiger partial charge in [0, 0.05) is 18.4 Å². The van der Waals surface area contributed by atoms with Crippen LogP contribution < -0.4 is 15.4 Å². The van der Waals surface area contributed by atoms with Crippen molar-refractivity contribution >= 4 is 28.9 Å². The van der Waals surface area contributed by atoms with Crippen LogP contribution in [0.1, 0.15) is 5.56 Å². The number of hydrogen-bond donors (Lipinski definition) is 2. The van der Waals surface area contributed by atoms with Gasteiger partial charge < -0.3 is 15.4 Å². The van der Waals surface area contributed by atoms with Crippen LogP contribution in [0.15, 0.2) is 36.5 Å². The first kappa shape index (κ1) is 12.7. The average molecular weight is 290 g/mol. The Labute approximate surface area is 120 Å². The number of benzene rings is 1. The van der Waals surface area contributed by atoms with Gasteiger partial charge in [0.1, 0.15) is 10.9 Å². The maximum atomic E-state index is 11.3. The quantitative estimate of drug-likeness (QED) is 0.853. The standard InChI is InChI=1S/C14H12ClN3O2/c15-13-6-10(3-4-16-13)17-7-9-1-2-12-11(5-9)18-14(19)8-20-12/h1-6H,7-8H2,(H,16,17)(H,18,19). The molecule has 0 unspecified atom stereocenters. The van der Waals surface area contributed by atoms with E-state index in [1.807, 2.05) is 24.3 Å². The monoisotopic (exact) mass is 289 g/mol. The van der Waals surface area contributed by atoms with Gasteiger partial charge >= 0.3 is 0 Å². The molecule has 1 aliphatic rings. The van der Waals surface area contributed by atoms with Gasteiger partial charge in [0.2, 0.25) is 0 Å². The molecule has 0 saturated carbocycles. The van der Waals surface area contributed by atoms with E-state index in [2.05, 4.69) is 15.6 Å². The number of aromatic nitrogens is 1. The fourth-order valence-electron chi connectivity index (χ4n) is 1.96. The minimum absolute atomic E-state index is 0.0696. The first-order chi connectivity index (χ1) is 9.70. The van der Waals surface area contributed by atoms with Crippen LogP contribution in [0.25, 0.3) is 0 Å². The second-order valence-electron chi connectivity index (χ2n) is 4.39. The van der Waals surface area contributed by atoms with Crippen molar-refractivity contribution in [1.29, 1.82) is 0 Å². The molecule has 1 aromatic carbocycles. The lowest BCUT2D eigenvalue weighted by atomic mass is 10.1. The number of amides is 1. The molecule has 2 aromatic rings. The van der Waals surface area contributed by atoms with E-state index in [1.54, 1.807) is 12.3 Å². The molecule has 0 bridgehead atoms. The Bertz CT molecular complexity index is 661. The number of nitrogens with one attached hydrogen (secondary N) is 2. The molecule has 2 heterocycles. The predicted octanol–water partition coefficient (Wildman–Crippen LogP) is 2.68. The molecule has 0 spiro atoms. The second kappa shape index (κ2) is 5.38. The molecule has 0 fully saturated rings. The van der Waals surface area contributed by atoms with Crippen LogP contribution >= 0.6 is 11.6 Å². The third-order valence-electron chi connectivity index (χ3n) is 2.90. The van der Waals surface area contributed by atoms with Gasteiger partial charge in [-0.15, -0.1) is 0 Å². The van der Waals surface area contributed by atoms with Gasteiger partial charge in [0.05, 0.1) is 5.69 Å². The number of rotatable bonds is 3. The first-order valence-electron chi connectivity index (χ1n) is 6.12. The molecule has 0 aliphatic carbocycles. The Hall–Kier alpha value is -2.27. The summed E-state index contributed by atoms with van der Waals surface area (Å²) in [5, 5.41) is 6.47. The Balaban J connectivity index is 1.72. The average Bonchev–Trinajstić information content (AvgIpc) is 2.45. The van der Waals surface area contributed by atoms with Crippen LogP contribution in [0, 0.1) is 0 Å². The first-order valence-corrected chi connectivity index (χ1v) is 6.49. The van der Waals surface area contributed by atoms with Gasteiger partial charge in [-0.1, -0.05) is 17.7 Å². The third-order valence-corrected chi connectivity index (χ3v) is 3.11. The van der Waals surface area contributed by atoms with Gasteiger partial charge in [0.25, 0.3) is 5.91 Å². The molecular formula is C14H12ClN3O2. The highest BCUT2D eigenvalue weighted by molar-refractivity contribution is 6.29. The van der Waals surface area contributed by atoms with Crippen molar-refractivity contribution in [3.63, 3.8) is 0 Å². The molecule has 2 N–H and O–H groups in total. The van der Waals surface area contributed by atoms with Crippen molar-refractivity contribution in [2.24, 2.45) is 0 Å². The van der Waals surface area contributed by atoms with E-state index in [4.69, 9.17) is 16.3 Å². The molecule has 0 saturated heterocycles. The highest BCUT2D eigenvalue weighted by Gasteiger charge is 2.15. The van der Waals surface area contributed by atoms with Crippen LogP contribution in [0.5, 0.6) is 5.75 Å². The zero-order chi connectivity index (χ0) is 13.9. The van der Waals surface area contributed by atoms with Gasteiger partial charge in [0.15, 0.2) is 6.61 Å². The SMILES string of the molecule is O=C1COc2ccc(CNc3ccnc(Cl)c3)cc2N1. The van der Waals surface area contributed by atoms with Gasteiger partial charge in [-0.2, -0.15) is 0 Å². The normalized spacial score (nSPS) is 13.2. The lowest BCUT2D eigenvalue weighted by molar-refractivity contribution is -0.118. The van der Waals surface area contributed by atoms with E-state index < -0.39 is 0 Å². The molecule has 6 heteroatoms. The maximum absolute atomic E-state index is 11.3. The highest BCUT2D eigenvalue weighted by atomic mass is 35.5. The van der Waals surface area contributed by atoms with Crippen molar-refractivity contribution in [2.75, 3.05) is 17.2 Å². The van der Waals surface area contributed by atoms with Gasteiger partial charge in [-0.05, 0) is 29.8 Å². The van der Waals surface area contributed by atoms with E-state index in [0.29, 0.717) is 23.1 Å². The zero-order valence-corrected chi connectivity index (χ0v) is 11.3. The van der Waals surface area contributed by atoms with Crippen LogP contribution in [0.3, 0.4) is 0 Å². The van der Waals surface area contributed by atoms with Crippen LogP contribution in [-0.2, 0) is 11.3 Å². The molecule has 1 aliphatic heterocycles. The highest BCUT2D eigenvalue weighted by Crippen LogP contribution is 2.28. The minimum atomic E-state index is -0.136. The minimum Gasteiger partial charge on any atom is -0.482 e. The number of carbonyl (C=O) groups excluding carboxylic acids is 1. The molecule has 1 aromatic heterocycles. The summed E-state index contributed by atoms with van der Waals surface area (Å²) in [6.07, 6.45) is 1.64.